The standard InChI is InChI=1S/C17H14ClN3O3/c1-23-13-8-6-11(7-9-13)16-20-21-17(24-16)15(22)19-10-12-4-2-3-5-14(12)18/h2-9H,10H2,1H3,(H,19,22). The Morgan fingerprint density at radius 2 is 1.92 bits per heavy atom. The zero-order valence-electron chi connectivity index (χ0n) is 12.8. The van der Waals surface area contributed by atoms with Gasteiger partial charge in [0.25, 0.3) is 0 Å². The van der Waals surface area contributed by atoms with Gasteiger partial charge in [-0.3, -0.25) is 4.79 Å². The molecular weight excluding hydrogens is 330 g/mol. The first-order valence-corrected chi connectivity index (χ1v) is 7.54. The molecule has 0 atom stereocenters. The summed E-state index contributed by atoms with van der Waals surface area (Å²) in [6.07, 6.45) is 0. The summed E-state index contributed by atoms with van der Waals surface area (Å²) in [6.45, 7) is 0.277. The van der Waals surface area contributed by atoms with Crippen LogP contribution in [0.25, 0.3) is 11.5 Å². The molecule has 1 aromatic heterocycles. The van der Waals surface area contributed by atoms with Crippen molar-refractivity contribution in [3.05, 3.63) is 65.0 Å². The van der Waals surface area contributed by atoms with Crippen molar-refractivity contribution in [1.29, 1.82) is 0 Å². The quantitative estimate of drug-likeness (QED) is 0.768. The van der Waals surface area contributed by atoms with Crippen molar-refractivity contribution in [3.8, 4) is 17.2 Å². The average Bonchev–Trinajstić information content (AvgIpc) is 3.11. The number of nitrogens with one attached hydrogen (secondary N) is 1. The van der Waals surface area contributed by atoms with Gasteiger partial charge >= 0.3 is 11.8 Å². The molecule has 0 aliphatic rings. The summed E-state index contributed by atoms with van der Waals surface area (Å²) < 4.78 is 10.5. The van der Waals surface area contributed by atoms with Gasteiger partial charge in [-0.25, -0.2) is 0 Å². The predicted molar refractivity (Wildman–Crippen MR) is 88.9 cm³/mol. The molecule has 6 nitrogen and oxygen atoms in total. The summed E-state index contributed by atoms with van der Waals surface area (Å²) in [5.74, 6) is 0.423. The molecule has 0 spiro atoms. The molecule has 0 unspecified atom stereocenters. The Kier molecular flexibility index (Phi) is 4.77. The molecule has 0 aliphatic carbocycles. The van der Waals surface area contributed by atoms with Crippen molar-refractivity contribution in [1.82, 2.24) is 15.5 Å². The van der Waals surface area contributed by atoms with E-state index in [4.69, 9.17) is 20.8 Å². The fraction of sp³-hybridized carbons (Fsp3) is 0.118. The molecule has 2 aromatic carbocycles. The summed E-state index contributed by atoms with van der Waals surface area (Å²) in [5, 5.41) is 11.0. The Morgan fingerprint density at radius 1 is 1.17 bits per heavy atom. The normalized spacial score (nSPS) is 10.4. The fourth-order valence-electron chi connectivity index (χ4n) is 2.06. The maximum atomic E-state index is 12.1. The molecule has 3 aromatic rings. The number of carbonyl (C=O) groups excluding carboxylic acids is 1. The molecule has 0 fully saturated rings. The number of hydrogen-bond donors (Lipinski definition) is 1. The lowest BCUT2D eigenvalue weighted by molar-refractivity contribution is 0.0917. The molecule has 1 heterocycles. The van der Waals surface area contributed by atoms with Crippen molar-refractivity contribution in [2.75, 3.05) is 7.11 Å². The van der Waals surface area contributed by atoms with Gasteiger partial charge in [-0.15, -0.1) is 10.2 Å². The molecule has 122 valence electrons. The van der Waals surface area contributed by atoms with E-state index in [0.29, 0.717) is 10.6 Å². The van der Waals surface area contributed by atoms with Crippen molar-refractivity contribution in [3.63, 3.8) is 0 Å². The number of benzene rings is 2. The van der Waals surface area contributed by atoms with Crippen LogP contribution in [0.15, 0.2) is 52.9 Å². The van der Waals surface area contributed by atoms with E-state index in [2.05, 4.69) is 15.5 Å². The summed E-state index contributed by atoms with van der Waals surface area (Å²) in [7, 11) is 1.59. The zero-order chi connectivity index (χ0) is 16.9. The summed E-state index contributed by atoms with van der Waals surface area (Å²) in [5.41, 5.74) is 1.51. The molecule has 7 heteroatoms. The minimum Gasteiger partial charge on any atom is -0.497 e. The highest BCUT2D eigenvalue weighted by atomic mass is 35.5. The van der Waals surface area contributed by atoms with Crippen LogP contribution in [-0.2, 0) is 6.54 Å². The van der Waals surface area contributed by atoms with Crippen LogP contribution in [0.4, 0.5) is 0 Å². The zero-order valence-corrected chi connectivity index (χ0v) is 13.6. The van der Waals surface area contributed by atoms with Gasteiger partial charge in [0.05, 0.1) is 7.11 Å². The molecule has 3 rings (SSSR count). The summed E-state index contributed by atoms with van der Waals surface area (Å²) >= 11 is 6.05. The van der Waals surface area contributed by atoms with Crippen LogP contribution in [-0.4, -0.2) is 23.2 Å². The van der Waals surface area contributed by atoms with E-state index >= 15 is 0 Å². The third-order valence-corrected chi connectivity index (χ3v) is 3.72. The molecule has 24 heavy (non-hydrogen) atoms. The van der Waals surface area contributed by atoms with Crippen molar-refractivity contribution >= 4 is 17.5 Å². The molecule has 1 amide bonds. The van der Waals surface area contributed by atoms with Crippen LogP contribution in [0.5, 0.6) is 5.75 Å². The number of nitrogens with zero attached hydrogens (tertiary/aromatic N) is 2. The number of aromatic nitrogens is 2. The number of methoxy groups -OCH3 is 1. The monoisotopic (exact) mass is 343 g/mol. The van der Waals surface area contributed by atoms with E-state index in [-0.39, 0.29) is 18.3 Å². The van der Waals surface area contributed by atoms with Gasteiger partial charge < -0.3 is 14.5 Å². The number of ether oxygens (including phenoxy) is 1. The lowest BCUT2D eigenvalue weighted by Gasteiger charge is -2.04. The molecule has 0 radical (unpaired) electrons. The average molecular weight is 344 g/mol. The van der Waals surface area contributed by atoms with Crippen molar-refractivity contribution in [2.45, 2.75) is 6.54 Å². The molecule has 0 aliphatic heterocycles. The second-order valence-corrected chi connectivity index (χ2v) is 5.32. The van der Waals surface area contributed by atoms with Gasteiger partial charge in [0.15, 0.2) is 0 Å². The molecule has 0 saturated heterocycles. The first-order valence-electron chi connectivity index (χ1n) is 7.17. The van der Waals surface area contributed by atoms with Gasteiger partial charge in [-0.1, -0.05) is 29.8 Å². The first kappa shape index (κ1) is 16.0. The van der Waals surface area contributed by atoms with Gasteiger partial charge in [-0.05, 0) is 35.9 Å². The number of halogens is 1. The number of hydrogen-bond acceptors (Lipinski definition) is 5. The van der Waals surface area contributed by atoms with Crippen LogP contribution < -0.4 is 10.1 Å². The van der Waals surface area contributed by atoms with Crippen LogP contribution in [0, 0.1) is 0 Å². The Bertz CT molecular complexity index is 846. The maximum absolute atomic E-state index is 12.1. The minimum absolute atomic E-state index is 0.104. The van der Waals surface area contributed by atoms with Gasteiger partial charge in [0.2, 0.25) is 5.89 Å². The predicted octanol–water partition coefficient (Wildman–Crippen LogP) is 3.33. The summed E-state index contributed by atoms with van der Waals surface area (Å²) in [6, 6.07) is 14.4. The largest absolute Gasteiger partial charge is 0.497 e. The van der Waals surface area contributed by atoms with E-state index in [1.54, 1.807) is 37.4 Å². The fourth-order valence-corrected chi connectivity index (χ4v) is 2.26. The second-order valence-electron chi connectivity index (χ2n) is 4.91. The van der Waals surface area contributed by atoms with E-state index in [1.807, 2.05) is 18.2 Å². The third-order valence-electron chi connectivity index (χ3n) is 3.35. The lowest BCUT2D eigenvalue weighted by Crippen LogP contribution is -2.23. The highest BCUT2D eigenvalue weighted by molar-refractivity contribution is 6.31. The molecule has 0 bridgehead atoms. The number of amides is 1. The van der Waals surface area contributed by atoms with E-state index < -0.39 is 5.91 Å². The maximum Gasteiger partial charge on any atom is 0.309 e. The second kappa shape index (κ2) is 7.14. The van der Waals surface area contributed by atoms with Gasteiger partial charge in [0, 0.05) is 17.1 Å². The topological polar surface area (TPSA) is 77.2 Å². The van der Waals surface area contributed by atoms with Crippen LogP contribution in [0.2, 0.25) is 5.02 Å². The Labute approximate surface area is 143 Å². The van der Waals surface area contributed by atoms with Crippen molar-refractivity contribution < 1.29 is 13.9 Å². The van der Waals surface area contributed by atoms with Gasteiger partial charge in [0.1, 0.15) is 5.75 Å². The van der Waals surface area contributed by atoms with Crippen LogP contribution in [0.3, 0.4) is 0 Å². The summed E-state index contributed by atoms with van der Waals surface area (Å²) in [4.78, 5) is 12.1. The van der Waals surface area contributed by atoms with Crippen LogP contribution in [0.1, 0.15) is 16.2 Å². The highest BCUT2D eigenvalue weighted by Crippen LogP contribution is 2.21. The van der Waals surface area contributed by atoms with E-state index in [1.165, 1.54) is 0 Å². The van der Waals surface area contributed by atoms with E-state index in [0.717, 1.165) is 11.3 Å². The Hall–Kier alpha value is -2.86. The molecule has 0 saturated carbocycles. The minimum atomic E-state index is -0.456. The number of carbonyl (C=O) groups is 1. The number of rotatable bonds is 5. The first-order chi connectivity index (χ1) is 11.7. The van der Waals surface area contributed by atoms with Crippen LogP contribution >= 0.6 is 11.6 Å². The van der Waals surface area contributed by atoms with Crippen molar-refractivity contribution in [2.24, 2.45) is 0 Å². The Morgan fingerprint density at radius 3 is 2.62 bits per heavy atom. The third kappa shape index (κ3) is 3.55. The SMILES string of the molecule is COc1ccc(-c2nnc(C(=O)NCc3ccccc3Cl)o2)cc1. The Balaban J connectivity index is 1.68. The molecular formula is C17H14ClN3O3. The highest BCUT2D eigenvalue weighted by Gasteiger charge is 2.16. The lowest BCUT2D eigenvalue weighted by atomic mass is 10.2. The van der Waals surface area contributed by atoms with E-state index in [9.17, 15) is 4.79 Å². The smallest absolute Gasteiger partial charge is 0.309 e. The molecule has 1 N–H and O–H groups in total. The van der Waals surface area contributed by atoms with Gasteiger partial charge in [-0.2, -0.15) is 0 Å².